The number of esters is 3. The highest BCUT2D eigenvalue weighted by atomic mass is 127. The van der Waals surface area contributed by atoms with E-state index in [0.29, 0.717) is 169 Å². The Labute approximate surface area is 825 Å². The van der Waals surface area contributed by atoms with Gasteiger partial charge in [0.05, 0.1) is 112 Å². The molecule has 1 saturated heterocycles. The van der Waals surface area contributed by atoms with Crippen molar-refractivity contribution in [1.29, 1.82) is 0 Å². The van der Waals surface area contributed by atoms with Crippen molar-refractivity contribution in [2.75, 3.05) is 177 Å². The first-order valence-corrected chi connectivity index (χ1v) is 51.0. The minimum absolute atomic E-state index is 0.00254. The van der Waals surface area contributed by atoms with Crippen molar-refractivity contribution in [2.24, 2.45) is 23.7 Å². The maximum atomic E-state index is 14.4. The predicted molar refractivity (Wildman–Crippen MR) is 531 cm³/mol. The molecule has 2 aliphatic heterocycles. The monoisotopic (exact) mass is 2030 g/mol. The van der Waals surface area contributed by atoms with Crippen LogP contribution in [0.4, 0.5) is 5.69 Å². The summed E-state index contributed by atoms with van der Waals surface area (Å²) in [5.74, 6) is -7.11. The number of carbonyl (C=O) groups is 13. The van der Waals surface area contributed by atoms with Crippen LogP contribution in [0.2, 0.25) is 0 Å². The molecular weight excluding hydrogens is 1870 g/mol. The largest absolute Gasteiger partial charge is 0.481 e. The lowest BCUT2D eigenvalue weighted by Gasteiger charge is -2.33. The van der Waals surface area contributed by atoms with Gasteiger partial charge in [-0.3, -0.25) is 81.9 Å². The lowest BCUT2D eigenvalue weighted by molar-refractivity contribution is -0.178. The van der Waals surface area contributed by atoms with Gasteiger partial charge in [-0.2, -0.15) is 0 Å². The maximum absolute atomic E-state index is 14.4. The van der Waals surface area contributed by atoms with Gasteiger partial charge in [0, 0.05) is 183 Å². The number of aryl methyl sites for hydroxylation is 1. The van der Waals surface area contributed by atoms with E-state index in [1.54, 1.807) is 0 Å². The number of allylic oxidation sites excluding steroid dienone is 2. The minimum Gasteiger partial charge on any atom is -0.481 e. The second-order valence-electron chi connectivity index (χ2n) is 36.9. The highest BCUT2D eigenvalue weighted by molar-refractivity contribution is 14.1. The number of methoxy groups -OCH3 is 3. The molecule has 34 heteroatoms. The molecule has 0 spiro atoms. The lowest BCUT2D eigenvalue weighted by atomic mass is 9.85. The number of fused-ring (bicyclic) bond motifs is 4. The zero-order valence-electron chi connectivity index (χ0n) is 82.6. The number of para-hydroxylation sites is 1. The number of Topliss-reactive ketones (excluding diaryl/α,β-unsaturated/α-hetero) is 3. The Bertz CT molecular complexity index is 4180. The van der Waals surface area contributed by atoms with Crippen molar-refractivity contribution in [3.63, 3.8) is 0 Å². The van der Waals surface area contributed by atoms with E-state index < -0.39 is 41.5 Å². The van der Waals surface area contributed by atoms with Gasteiger partial charge >= 0.3 is 23.9 Å². The number of carbonyl (C=O) groups excluding carboxylic acids is 12. The maximum Gasteiger partial charge on any atom is 0.319 e. The number of rotatable bonds is 69. The van der Waals surface area contributed by atoms with Gasteiger partial charge in [0.2, 0.25) is 35.4 Å². The molecule has 0 bridgehead atoms. The number of hydrogen-bond donors (Lipinski definition) is 8. The summed E-state index contributed by atoms with van der Waals surface area (Å²) in [6.07, 6.45) is 14.2. The minimum atomic E-state index is -1.72. The molecule has 5 unspecified atom stereocenters. The number of amides is 6. The van der Waals surface area contributed by atoms with Crippen LogP contribution in [-0.4, -0.2) is 302 Å². The Morgan fingerprint density at radius 1 is 0.467 bits per heavy atom. The van der Waals surface area contributed by atoms with Gasteiger partial charge in [-0.05, 0) is 197 Å². The van der Waals surface area contributed by atoms with Crippen molar-refractivity contribution < 1.29 is 111 Å². The van der Waals surface area contributed by atoms with E-state index in [9.17, 15) is 77.6 Å². The van der Waals surface area contributed by atoms with E-state index in [2.05, 4.69) is 98.6 Å². The Kier molecular flexibility index (Phi) is 57.9. The van der Waals surface area contributed by atoms with Crippen LogP contribution in [0.5, 0.6) is 0 Å². The Morgan fingerprint density at radius 2 is 0.971 bits per heavy atom. The number of nitrogens with zero attached hydrogens (tertiary/aromatic N) is 5. The molecule has 2 heterocycles. The number of halogens is 1. The van der Waals surface area contributed by atoms with Crippen molar-refractivity contribution in [3.8, 4) is 0 Å². The standard InChI is InChI=1S/C103H159IN10O23/c1-8-23-76(2)70-103(129,130)48-17-15-24-77(3)108-94(120)45-39-82(102(127)128)69-86(116)29-10-9-18-49-106-93(119)44-38-81(101(126)109-78(4)25-16-19-50-105-92(118)34-20-26-79-35-40-84(104)41-36-79)68-87(117)47-61-135-63-65-137-67-66-136-64-62-134-60-22-30-85(115)42-46-96(122)114-71-83-27-11-12-31-88(83)100-80(37-43-90(100)89-32-13-14-33-91(89)114)28-21-51-107-95(121)72-110-52-54-111(73-97(123)131-5)56-58-113(75-99(125)133-7)59-57-112(55-53-110)74-98(124)132-6/h11-14,27,31-33,35-36,40-41,76-78,80-82,129-130H,8-10,15-26,28-30,34,37-39,42-75H2,1-7H3,(H,105,118)(H,106,119)(H,107,121)(H,108,120)(H,109,126)(H,127,128)/t76?,77?,78?,80?,81?,82-/m1/s1. The van der Waals surface area contributed by atoms with Crippen LogP contribution in [0.3, 0.4) is 0 Å². The van der Waals surface area contributed by atoms with Crippen LogP contribution in [0, 0.1) is 27.2 Å². The number of ketones is 3. The summed E-state index contributed by atoms with van der Waals surface area (Å²) in [5.41, 5.74) is 7.58. The molecule has 8 N–H and O–H groups in total. The molecule has 1 fully saturated rings. The average Bonchev–Trinajstić information content (AvgIpc) is 1.65. The van der Waals surface area contributed by atoms with Crippen LogP contribution in [0.1, 0.15) is 249 Å². The van der Waals surface area contributed by atoms with Gasteiger partial charge in [0.25, 0.3) is 0 Å². The molecule has 0 radical (unpaired) electrons. The van der Waals surface area contributed by atoms with Gasteiger partial charge < -0.3 is 80.0 Å². The topological polar surface area (TPSA) is 424 Å². The fourth-order valence-corrected chi connectivity index (χ4v) is 18.0. The lowest BCUT2D eigenvalue weighted by Crippen LogP contribution is -2.50. The number of carboxylic acid groups (broad SMARTS) is 1. The Morgan fingerprint density at radius 3 is 1.58 bits per heavy atom. The van der Waals surface area contributed by atoms with Crippen LogP contribution in [-0.2, 0) is 108 Å². The summed E-state index contributed by atoms with van der Waals surface area (Å²) in [5, 5.41) is 45.7. The zero-order valence-corrected chi connectivity index (χ0v) is 84.8. The second kappa shape index (κ2) is 67.7. The fraction of sp³-hybridized carbons (Fsp3) is 0.680. The van der Waals surface area contributed by atoms with E-state index in [-0.39, 0.29) is 206 Å². The SMILES string of the molecule is CCCC(C)CC(O)(O)CCCCC(C)NC(=O)CC[C@H](CC(=O)CCCCCNC(=O)CCC(CC(=O)CCOCCOCCOCCOCCCC(=O)CCC(=O)N1Cc2ccccc2C2=C(CCC2CCCNC(=O)CN2CCN(CC(=O)OC)CCN(CC(=O)OC)CCN(CC(=O)OC)CC2)c2ccccc21)C(=O)NC(C)CCCCNC(=O)CCCc1ccc(I)cc1)C(=O)O. The number of unbranched alkanes of at least 4 members (excludes halogenated alkanes) is 4. The molecular formula is C103H159IN10O23. The van der Waals surface area contributed by atoms with Crippen molar-refractivity contribution >= 4 is 116 Å². The number of aliphatic hydroxyl groups is 2. The molecule has 33 nitrogen and oxygen atoms in total. The molecule has 0 aromatic heterocycles. The molecule has 6 rings (SSSR count). The second-order valence-corrected chi connectivity index (χ2v) is 38.2. The number of anilines is 1. The van der Waals surface area contributed by atoms with Gasteiger partial charge in [0.15, 0.2) is 5.79 Å². The highest BCUT2D eigenvalue weighted by Crippen LogP contribution is 2.50. The third kappa shape index (κ3) is 49.4. The summed E-state index contributed by atoms with van der Waals surface area (Å²) < 4.78 is 39.0. The first-order valence-electron chi connectivity index (χ1n) is 49.9. The summed E-state index contributed by atoms with van der Waals surface area (Å²) >= 11 is 2.27. The number of ether oxygens (including phenoxy) is 7. The number of carboxylic acids is 1. The Balaban J connectivity index is 0.849. The number of nitrogens with one attached hydrogen (secondary N) is 5. The molecule has 766 valence electrons. The van der Waals surface area contributed by atoms with Crippen LogP contribution >= 0.6 is 22.6 Å². The third-order valence-corrected chi connectivity index (χ3v) is 26.2. The van der Waals surface area contributed by atoms with Crippen LogP contribution in [0.15, 0.2) is 72.8 Å². The molecule has 3 aromatic carbocycles. The zero-order chi connectivity index (χ0) is 99.5. The quantitative estimate of drug-likeness (QED) is 0.00855. The van der Waals surface area contributed by atoms with Gasteiger partial charge in [-0.1, -0.05) is 94.1 Å². The molecule has 6 amide bonds. The molecule has 3 aliphatic rings. The summed E-state index contributed by atoms with van der Waals surface area (Å²) in [6.45, 7) is 15.4. The molecule has 6 atom stereocenters. The molecule has 0 saturated carbocycles. The molecule has 137 heavy (non-hydrogen) atoms. The summed E-state index contributed by atoms with van der Waals surface area (Å²) in [7, 11) is 4.02. The highest BCUT2D eigenvalue weighted by Gasteiger charge is 2.35. The number of aliphatic carboxylic acids is 1. The first-order chi connectivity index (χ1) is 65.9. The van der Waals surface area contributed by atoms with E-state index >= 15 is 0 Å². The van der Waals surface area contributed by atoms with Gasteiger partial charge in [0.1, 0.15) is 17.3 Å². The van der Waals surface area contributed by atoms with E-state index in [0.717, 1.165) is 90.2 Å². The molecule has 3 aromatic rings. The van der Waals surface area contributed by atoms with Crippen molar-refractivity contribution in [3.05, 3.63) is 98.6 Å². The summed E-state index contributed by atoms with van der Waals surface area (Å²) in [6, 6.07) is 24.1. The Hall–Kier alpha value is -8.56. The average molecular weight is 2030 g/mol. The fourth-order valence-electron chi connectivity index (χ4n) is 17.7. The van der Waals surface area contributed by atoms with E-state index in [1.807, 2.05) is 75.6 Å². The third-order valence-electron chi connectivity index (χ3n) is 25.5. The van der Waals surface area contributed by atoms with Crippen molar-refractivity contribution in [1.82, 2.24) is 46.2 Å². The van der Waals surface area contributed by atoms with Crippen LogP contribution < -0.4 is 31.5 Å². The van der Waals surface area contributed by atoms with Crippen LogP contribution in [0.25, 0.3) is 11.1 Å². The number of hydrogen-bond acceptors (Lipinski definition) is 26. The van der Waals surface area contributed by atoms with E-state index in [4.69, 9.17) is 33.2 Å². The molecule has 1 aliphatic carbocycles. The number of benzene rings is 3. The van der Waals surface area contributed by atoms with E-state index in [1.165, 1.54) is 38.0 Å². The summed E-state index contributed by atoms with van der Waals surface area (Å²) in [4.78, 5) is 179. The van der Waals surface area contributed by atoms with Gasteiger partial charge in [-0.15, -0.1) is 0 Å². The smallest absolute Gasteiger partial charge is 0.319 e. The van der Waals surface area contributed by atoms with Gasteiger partial charge in [-0.25, -0.2) is 0 Å². The first kappa shape index (κ1) is 117. The predicted octanol–water partition coefficient (Wildman–Crippen LogP) is 10.5. The normalized spacial score (nSPS) is 15.8. The van der Waals surface area contributed by atoms with Crippen molar-refractivity contribution in [2.45, 2.75) is 258 Å².